The molecule has 59 heavy (non-hydrogen) atoms. The van der Waals surface area contributed by atoms with Gasteiger partial charge in [-0.15, -0.1) is 0 Å². The Kier molecular flexibility index (Phi) is 41.2. The van der Waals surface area contributed by atoms with Crippen LogP contribution in [0.3, 0.4) is 0 Å². The minimum Gasteiger partial charge on any atom is -0.550 e. The zero-order valence-corrected chi connectivity index (χ0v) is 41.8. The summed E-state index contributed by atoms with van der Waals surface area (Å²) in [6.45, 7) is 5.72. The quantitative estimate of drug-likeness (QED) is 0.0501. The number of aliphatic hydroxyl groups is 2. The van der Waals surface area contributed by atoms with Gasteiger partial charge in [-0.1, -0.05) is 164 Å². The van der Waals surface area contributed by atoms with Crippen molar-refractivity contribution in [2.45, 2.75) is 231 Å². The molecule has 0 aliphatic rings. The van der Waals surface area contributed by atoms with E-state index < -0.39 is 11.9 Å². The number of benzene rings is 2. The van der Waals surface area contributed by atoms with E-state index in [0.29, 0.717) is 13.2 Å². The standard InChI is InChI=1S/2C25H42O4.Ba/c2*1-2-14-24(29-21-22-15-9-8-10-16-22)19-13-18-23(26)17-11-6-4-3-5-7-12-20-25(27)28;/h2*8-10,15-16,23-24,26H,2-7,11-14,17-21H2,1H3,(H,27,28);/q;;+2/p-2. The number of carbonyl (C=O) groups excluding carboxylic acids is 2. The molecule has 0 radical (unpaired) electrons. The molecule has 0 saturated heterocycles. The maximum atomic E-state index is 10.3. The maximum Gasteiger partial charge on any atom is 2.00 e. The molecule has 8 nitrogen and oxygen atoms in total. The molecule has 2 rings (SSSR count). The second kappa shape index (κ2) is 42.1. The van der Waals surface area contributed by atoms with E-state index in [1.807, 2.05) is 36.4 Å². The predicted molar refractivity (Wildman–Crippen MR) is 238 cm³/mol. The second-order valence-corrected chi connectivity index (χ2v) is 16.4. The Morgan fingerprint density at radius 1 is 0.458 bits per heavy atom. The topological polar surface area (TPSA) is 139 Å². The number of carboxylic acid groups (broad SMARTS) is 2. The Bertz CT molecular complexity index is 1110. The first-order valence-electron chi connectivity index (χ1n) is 23.3. The van der Waals surface area contributed by atoms with Crippen LogP contribution < -0.4 is 10.2 Å². The molecule has 2 N–H and O–H groups in total. The van der Waals surface area contributed by atoms with Gasteiger partial charge in [-0.25, -0.2) is 0 Å². The summed E-state index contributed by atoms with van der Waals surface area (Å²) in [5, 5.41) is 41.1. The van der Waals surface area contributed by atoms with E-state index in [4.69, 9.17) is 9.47 Å². The molecule has 2 aromatic carbocycles. The molecule has 0 spiro atoms. The van der Waals surface area contributed by atoms with Gasteiger partial charge in [-0.05, 0) is 101 Å². The number of hydrogen-bond donors (Lipinski definition) is 2. The van der Waals surface area contributed by atoms with Crippen molar-refractivity contribution in [3.05, 3.63) is 71.8 Å². The van der Waals surface area contributed by atoms with Gasteiger partial charge in [-0.2, -0.15) is 0 Å². The van der Waals surface area contributed by atoms with Crippen LogP contribution in [0, 0.1) is 0 Å². The maximum absolute atomic E-state index is 10.3. The molecular weight excluding hydrogens is 866 g/mol. The third-order valence-electron chi connectivity index (χ3n) is 10.8. The van der Waals surface area contributed by atoms with Gasteiger partial charge >= 0.3 is 48.9 Å². The van der Waals surface area contributed by atoms with Crippen LogP contribution in [-0.2, 0) is 32.3 Å². The van der Waals surface area contributed by atoms with Crippen LogP contribution in [0.15, 0.2) is 60.7 Å². The zero-order valence-electron chi connectivity index (χ0n) is 37.3. The van der Waals surface area contributed by atoms with Crippen LogP contribution >= 0.6 is 0 Å². The molecule has 0 fully saturated rings. The average molecular weight is 949 g/mol. The number of rotatable bonds is 38. The van der Waals surface area contributed by atoms with Crippen molar-refractivity contribution in [1.29, 1.82) is 0 Å². The van der Waals surface area contributed by atoms with Gasteiger partial charge in [0.15, 0.2) is 0 Å². The molecule has 332 valence electrons. The van der Waals surface area contributed by atoms with Crippen LogP contribution in [0.4, 0.5) is 0 Å². The summed E-state index contributed by atoms with van der Waals surface area (Å²) in [6.07, 6.45) is 27.2. The van der Waals surface area contributed by atoms with Gasteiger partial charge in [0.25, 0.3) is 0 Å². The van der Waals surface area contributed by atoms with Crippen LogP contribution in [0.25, 0.3) is 0 Å². The number of aliphatic carboxylic acids is 2. The molecule has 0 bridgehead atoms. The Labute approximate surface area is 400 Å². The summed E-state index contributed by atoms with van der Waals surface area (Å²) in [6, 6.07) is 20.6. The number of hydrogen-bond acceptors (Lipinski definition) is 8. The van der Waals surface area contributed by atoms with Crippen molar-refractivity contribution in [3.8, 4) is 0 Å². The summed E-state index contributed by atoms with van der Waals surface area (Å²) in [5.74, 6) is -1.88. The van der Waals surface area contributed by atoms with Crippen LogP contribution in [-0.4, -0.2) is 95.4 Å². The van der Waals surface area contributed by atoms with Crippen molar-refractivity contribution in [3.63, 3.8) is 0 Å². The zero-order chi connectivity index (χ0) is 42.3. The van der Waals surface area contributed by atoms with E-state index in [-0.39, 0.29) is 86.1 Å². The molecule has 2 aromatic rings. The predicted octanol–water partition coefficient (Wildman–Crippen LogP) is 9.95. The summed E-state index contributed by atoms with van der Waals surface area (Å²) in [7, 11) is 0. The van der Waals surface area contributed by atoms with E-state index >= 15 is 0 Å². The van der Waals surface area contributed by atoms with E-state index in [1.165, 1.54) is 24.0 Å². The van der Waals surface area contributed by atoms with Crippen molar-refractivity contribution in [2.75, 3.05) is 0 Å². The van der Waals surface area contributed by atoms with Crippen LogP contribution in [0.1, 0.15) is 205 Å². The SMILES string of the molecule is CCCC(CCCC(O)CCCCCCCCCC(=O)[O-])OCc1ccccc1.CCCC(CCCC(O)CCCCCCCCCC(=O)[O-])OCc1ccccc1.[Ba+2]. The van der Waals surface area contributed by atoms with Gasteiger partial charge in [-0.3, -0.25) is 0 Å². The summed E-state index contributed by atoms with van der Waals surface area (Å²) >= 11 is 0. The fourth-order valence-corrected chi connectivity index (χ4v) is 7.36. The number of ether oxygens (including phenoxy) is 2. The fourth-order valence-electron chi connectivity index (χ4n) is 7.36. The molecule has 4 unspecified atom stereocenters. The fraction of sp³-hybridized carbons (Fsp3) is 0.720. The monoisotopic (exact) mass is 949 g/mol. The minimum absolute atomic E-state index is 0. The number of carbonyl (C=O) groups is 2. The third kappa shape index (κ3) is 38.2. The van der Waals surface area contributed by atoms with E-state index in [2.05, 4.69) is 38.1 Å². The average Bonchev–Trinajstić information content (AvgIpc) is 3.21. The van der Waals surface area contributed by atoms with Crippen molar-refractivity contribution in [1.82, 2.24) is 0 Å². The van der Waals surface area contributed by atoms with Crippen molar-refractivity contribution in [2.24, 2.45) is 0 Å². The smallest absolute Gasteiger partial charge is 0.550 e. The number of carboxylic acids is 2. The van der Waals surface area contributed by atoms with Gasteiger partial charge < -0.3 is 39.5 Å². The normalized spacial score (nSPS) is 13.1. The minimum atomic E-state index is -0.942. The summed E-state index contributed by atoms with van der Waals surface area (Å²) in [4.78, 5) is 20.7. The Morgan fingerprint density at radius 3 is 1.08 bits per heavy atom. The van der Waals surface area contributed by atoms with Crippen LogP contribution in [0.5, 0.6) is 0 Å². The van der Waals surface area contributed by atoms with Gasteiger partial charge in [0, 0.05) is 11.9 Å². The van der Waals surface area contributed by atoms with E-state index in [9.17, 15) is 30.0 Å². The third-order valence-corrected chi connectivity index (χ3v) is 10.8. The first-order chi connectivity index (χ1) is 28.2. The molecule has 0 aromatic heterocycles. The number of unbranched alkanes of at least 4 members (excludes halogenated alkanes) is 12. The largest absolute Gasteiger partial charge is 2.00 e. The second-order valence-electron chi connectivity index (χ2n) is 16.4. The Hall–Kier alpha value is -1.21. The first kappa shape index (κ1) is 57.8. The Balaban J connectivity index is 0.00000112. The van der Waals surface area contributed by atoms with Gasteiger partial charge in [0.2, 0.25) is 0 Å². The molecule has 4 atom stereocenters. The first-order valence-corrected chi connectivity index (χ1v) is 23.3. The Morgan fingerprint density at radius 2 is 0.763 bits per heavy atom. The number of aliphatic hydroxyl groups excluding tert-OH is 2. The molecule has 0 aliphatic heterocycles. The molecule has 0 heterocycles. The van der Waals surface area contributed by atoms with Crippen molar-refractivity contribution < 1.29 is 39.5 Å². The van der Waals surface area contributed by atoms with Crippen molar-refractivity contribution >= 4 is 60.8 Å². The van der Waals surface area contributed by atoms with Gasteiger partial charge in [0.1, 0.15) is 0 Å². The van der Waals surface area contributed by atoms with Crippen LogP contribution in [0.2, 0.25) is 0 Å². The molecule has 9 heteroatoms. The summed E-state index contributed by atoms with van der Waals surface area (Å²) in [5.41, 5.74) is 2.43. The molecule has 0 amide bonds. The van der Waals surface area contributed by atoms with Gasteiger partial charge in [0.05, 0.1) is 37.6 Å². The molecular formula is C50H82BaO8. The molecule has 0 aliphatic carbocycles. The van der Waals surface area contributed by atoms with E-state index in [0.717, 1.165) is 154 Å². The molecule has 0 saturated carbocycles. The summed E-state index contributed by atoms with van der Waals surface area (Å²) < 4.78 is 12.2. The van der Waals surface area contributed by atoms with E-state index in [1.54, 1.807) is 0 Å².